The standard InChI is InChI=1S/C18H13Cl2N3O/c1-10-3-4-15-16(5-10)23-18(22-15)12(9-21)6-11-7-13(19)8-14(20)17(11)24-2/h3-8H,1-2H3,(H,22,23)/b12-6-. The van der Waals surface area contributed by atoms with Gasteiger partial charge in [0.2, 0.25) is 0 Å². The van der Waals surface area contributed by atoms with Crippen molar-refractivity contribution in [2.24, 2.45) is 0 Å². The predicted octanol–water partition coefficient (Wildman–Crippen LogP) is 5.25. The van der Waals surface area contributed by atoms with Gasteiger partial charge in [0.15, 0.2) is 0 Å². The van der Waals surface area contributed by atoms with Crippen molar-refractivity contribution in [1.29, 1.82) is 5.26 Å². The van der Waals surface area contributed by atoms with Gasteiger partial charge in [-0.05, 0) is 42.8 Å². The molecule has 120 valence electrons. The molecule has 0 saturated heterocycles. The van der Waals surface area contributed by atoms with Crippen LogP contribution in [0.2, 0.25) is 10.0 Å². The lowest BCUT2D eigenvalue weighted by molar-refractivity contribution is 0.414. The molecule has 1 N–H and O–H groups in total. The SMILES string of the molecule is COc1c(Cl)cc(Cl)cc1/C=C(/C#N)c1nc2ccc(C)cc2[nH]1. The van der Waals surface area contributed by atoms with E-state index in [1.54, 1.807) is 18.2 Å². The molecule has 0 bridgehead atoms. The van der Waals surface area contributed by atoms with Crippen LogP contribution in [0.4, 0.5) is 0 Å². The fraction of sp³-hybridized carbons (Fsp3) is 0.111. The van der Waals surface area contributed by atoms with Crippen molar-refractivity contribution < 1.29 is 4.74 Å². The summed E-state index contributed by atoms with van der Waals surface area (Å²) >= 11 is 12.2. The van der Waals surface area contributed by atoms with Crippen molar-refractivity contribution in [3.8, 4) is 11.8 Å². The van der Waals surface area contributed by atoms with E-state index in [2.05, 4.69) is 16.0 Å². The van der Waals surface area contributed by atoms with Crippen molar-refractivity contribution in [3.63, 3.8) is 0 Å². The lowest BCUT2D eigenvalue weighted by atomic mass is 10.1. The Bertz CT molecular complexity index is 999. The van der Waals surface area contributed by atoms with Crippen LogP contribution in [0.1, 0.15) is 17.0 Å². The number of aromatic nitrogens is 2. The Hall–Kier alpha value is -2.48. The van der Waals surface area contributed by atoms with Crippen LogP contribution in [0.15, 0.2) is 30.3 Å². The highest BCUT2D eigenvalue weighted by Crippen LogP contribution is 2.34. The third-order valence-corrected chi connectivity index (χ3v) is 4.05. The number of aromatic amines is 1. The molecule has 0 unspecified atom stereocenters. The highest BCUT2D eigenvalue weighted by Gasteiger charge is 2.12. The molecule has 0 atom stereocenters. The quantitative estimate of drug-likeness (QED) is 0.651. The molecule has 0 fully saturated rings. The molecule has 3 rings (SSSR count). The molecule has 0 aliphatic heterocycles. The fourth-order valence-electron chi connectivity index (χ4n) is 2.46. The largest absolute Gasteiger partial charge is 0.495 e. The minimum atomic E-state index is 0.362. The van der Waals surface area contributed by atoms with E-state index in [0.717, 1.165) is 16.6 Å². The minimum absolute atomic E-state index is 0.362. The molecular weight excluding hydrogens is 345 g/mol. The zero-order chi connectivity index (χ0) is 17.3. The molecular formula is C18H13Cl2N3O. The number of benzene rings is 2. The monoisotopic (exact) mass is 357 g/mol. The van der Waals surface area contributed by atoms with E-state index in [1.807, 2.05) is 25.1 Å². The number of hydrogen-bond acceptors (Lipinski definition) is 3. The number of rotatable bonds is 3. The first-order valence-electron chi connectivity index (χ1n) is 7.13. The van der Waals surface area contributed by atoms with Gasteiger partial charge in [-0.2, -0.15) is 5.26 Å². The molecule has 0 radical (unpaired) electrons. The summed E-state index contributed by atoms with van der Waals surface area (Å²) in [4.78, 5) is 7.63. The first kappa shape index (κ1) is 16.4. The van der Waals surface area contributed by atoms with Gasteiger partial charge in [-0.1, -0.05) is 29.3 Å². The number of methoxy groups -OCH3 is 1. The maximum absolute atomic E-state index is 9.54. The smallest absolute Gasteiger partial charge is 0.149 e. The summed E-state index contributed by atoms with van der Waals surface area (Å²) in [7, 11) is 1.52. The second-order valence-electron chi connectivity index (χ2n) is 5.29. The number of allylic oxidation sites excluding steroid dienone is 1. The van der Waals surface area contributed by atoms with Crippen LogP contribution in [-0.4, -0.2) is 17.1 Å². The van der Waals surface area contributed by atoms with Gasteiger partial charge >= 0.3 is 0 Å². The minimum Gasteiger partial charge on any atom is -0.495 e. The van der Waals surface area contributed by atoms with E-state index in [-0.39, 0.29) is 0 Å². The van der Waals surface area contributed by atoms with Crippen LogP contribution in [0.3, 0.4) is 0 Å². The van der Waals surface area contributed by atoms with Gasteiger partial charge in [-0.15, -0.1) is 0 Å². The second-order valence-corrected chi connectivity index (χ2v) is 6.13. The Morgan fingerprint density at radius 2 is 2.08 bits per heavy atom. The summed E-state index contributed by atoms with van der Waals surface area (Å²) in [6, 6.07) is 11.3. The normalized spacial score (nSPS) is 11.5. The molecule has 0 amide bonds. The number of hydrogen-bond donors (Lipinski definition) is 1. The summed E-state index contributed by atoms with van der Waals surface area (Å²) in [5.74, 6) is 0.942. The van der Waals surface area contributed by atoms with Crippen LogP contribution in [-0.2, 0) is 0 Å². The van der Waals surface area contributed by atoms with Crippen LogP contribution in [0, 0.1) is 18.3 Å². The van der Waals surface area contributed by atoms with Gasteiger partial charge < -0.3 is 9.72 Å². The molecule has 4 nitrogen and oxygen atoms in total. The molecule has 0 spiro atoms. The number of H-pyrrole nitrogens is 1. The first-order chi connectivity index (χ1) is 11.5. The van der Waals surface area contributed by atoms with Crippen LogP contribution in [0.5, 0.6) is 5.75 Å². The molecule has 0 saturated carbocycles. The maximum atomic E-state index is 9.54. The number of nitriles is 1. The van der Waals surface area contributed by atoms with Gasteiger partial charge in [0, 0.05) is 10.6 Å². The lowest BCUT2D eigenvalue weighted by Gasteiger charge is -2.08. The van der Waals surface area contributed by atoms with E-state index >= 15 is 0 Å². The summed E-state index contributed by atoms with van der Waals surface area (Å²) in [5, 5.41) is 10.4. The average molecular weight is 358 g/mol. The van der Waals surface area contributed by atoms with E-state index in [0.29, 0.717) is 32.8 Å². The highest BCUT2D eigenvalue weighted by molar-refractivity contribution is 6.36. The van der Waals surface area contributed by atoms with Crippen molar-refractivity contribution >= 4 is 45.9 Å². The number of aryl methyl sites for hydroxylation is 1. The summed E-state index contributed by atoms with van der Waals surface area (Å²) in [5.41, 5.74) is 3.77. The molecule has 1 heterocycles. The first-order valence-corrected chi connectivity index (χ1v) is 7.89. The number of ether oxygens (including phenoxy) is 1. The summed E-state index contributed by atoms with van der Waals surface area (Å²) in [6.07, 6.45) is 1.65. The number of halogens is 2. The Morgan fingerprint density at radius 1 is 1.29 bits per heavy atom. The summed E-state index contributed by atoms with van der Waals surface area (Å²) in [6.45, 7) is 2.00. The second kappa shape index (κ2) is 6.56. The number of imidazole rings is 1. The van der Waals surface area contributed by atoms with Gasteiger partial charge in [0.25, 0.3) is 0 Å². The Labute approximate surface area is 149 Å². The van der Waals surface area contributed by atoms with Crippen LogP contribution < -0.4 is 4.74 Å². The lowest BCUT2D eigenvalue weighted by Crippen LogP contribution is -1.91. The number of nitrogens with zero attached hydrogens (tertiary/aromatic N) is 2. The zero-order valence-corrected chi connectivity index (χ0v) is 14.5. The summed E-state index contributed by atoms with van der Waals surface area (Å²) < 4.78 is 5.31. The van der Waals surface area contributed by atoms with Gasteiger partial charge in [-0.25, -0.2) is 4.98 Å². The molecule has 0 aliphatic carbocycles. The molecule has 2 aromatic carbocycles. The predicted molar refractivity (Wildman–Crippen MR) is 97.3 cm³/mol. The average Bonchev–Trinajstić information content (AvgIpc) is 2.94. The fourth-order valence-corrected chi connectivity index (χ4v) is 3.05. The van der Waals surface area contributed by atoms with E-state index in [1.165, 1.54) is 7.11 Å². The molecule has 6 heteroatoms. The third-order valence-electron chi connectivity index (χ3n) is 3.55. The van der Waals surface area contributed by atoms with E-state index in [4.69, 9.17) is 27.9 Å². The topological polar surface area (TPSA) is 61.7 Å². The van der Waals surface area contributed by atoms with Crippen LogP contribution in [0.25, 0.3) is 22.7 Å². The Balaban J connectivity index is 2.14. The maximum Gasteiger partial charge on any atom is 0.149 e. The Kier molecular flexibility index (Phi) is 4.48. The number of fused-ring (bicyclic) bond motifs is 1. The molecule has 0 aliphatic rings. The zero-order valence-electron chi connectivity index (χ0n) is 13.0. The van der Waals surface area contributed by atoms with Crippen molar-refractivity contribution in [2.45, 2.75) is 6.92 Å². The number of nitrogens with one attached hydrogen (secondary N) is 1. The van der Waals surface area contributed by atoms with Gasteiger partial charge in [0.1, 0.15) is 17.6 Å². The molecule has 3 aromatic rings. The molecule has 24 heavy (non-hydrogen) atoms. The van der Waals surface area contributed by atoms with Crippen LogP contribution >= 0.6 is 23.2 Å². The van der Waals surface area contributed by atoms with Gasteiger partial charge in [0.05, 0.1) is 28.7 Å². The van der Waals surface area contributed by atoms with Gasteiger partial charge in [-0.3, -0.25) is 0 Å². The third kappa shape index (κ3) is 3.09. The van der Waals surface area contributed by atoms with Crippen molar-refractivity contribution in [3.05, 3.63) is 57.3 Å². The Morgan fingerprint density at radius 3 is 2.79 bits per heavy atom. The van der Waals surface area contributed by atoms with E-state index in [9.17, 15) is 5.26 Å². The van der Waals surface area contributed by atoms with E-state index < -0.39 is 0 Å². The van der Waals surface area contributed by atoms with Crippen molar-refractivity contribution in [1.82, 2.24) is 9.97 Å². The highest BCUT2D eigenvalue weighted by atomic mass is 35.5. The van der Waals surface area contributed by atoms with Crippen molar-refractivity contribution in [2.75, 3.05) is 7.11 Å². The molecule has 1 aromatic heterocycles.